The van der Waals surface area contributed by atoms with E-state index in [-0.39, 0.29) is 24.4 Å². The van der Waals surface area contributed by atoms with E-state index in [1.165, 1.54) is 25.7 Å². The topological polar surface area (TPSA) is 49.4 Å². The van der Waals surface area contributed by atoms with Crippen molar-refractivity contribution in [2.45, 2.75) is 51.5 Å². The number of anilines is 1. The molecule has 1 aliphatic carbocycles. The summed E-state index contributed by atoms with van der Waals surface area (Å²) in [5.74, 6) is 0.609. The molecule has 1 N–H and O–H groups in total. The number of nitrogens with zero attached hydrogens (tertiary/aromatic N) is 1. The summed E-state index contributed by atoms with van der Waals surface area (Å²) >= 11 is 0. The van der Waals surface area contributed by atoms with Crippen LogP contribution in [-0.4, -0.2) is 23.3 Å². The maximum absolute atomic E-state index is 13.3. The number of carbonyl (C=O) groups excluding carboxylic acids is 2. The highest BCUT2D eigenvalue weighted by atomic mass is 16.2. The van der Waals surface area contributed by atoms with Gasteiger partial charge >= 0.3 is 0 Å². The third-order valence-corrected chi connectivity index (χ3v) is 6.08. The molecule has 1 saturated carbocycles. The van der Waals surface area contributed by atoms with E-state index >= 15 is 0 Å². The van der Waals surface area contributed by atoms with Gasteiger partial charge in [-0.1, -0.05) is 73.7 Å². The lowest BCUT2D eigenvalue weighted by Gasteiger charge is -2.31. The molecule has 0 unspecified atom stereocenters. The average Bonchev–Trinajstić information content (AvgIpc) is 3.17. The number of hydrogen-bond donors (Lipinski definition) is 1. The zero-order valence-electron chi connectivity index (χ0n) is 16.5. The van der Waals surface area contributed by atoms with Gasteiger partial charge in [0.1, 0.15) is 6.54 Å². The number of hydrogen-bond acceptors (Lipinski definition) is 2. The third kappa shape index (κ3) is 3.96. The Bertz CT molecular complexity index is 856. The molecule has 4 heteroatoms. The van der Waals surface area contributed by atoms with Crippen molar-refractivity contribution in [1.29, 1.82) is 0 Å². The number of benzene rings is 2. The van der Waals surface area contributed by atoms with Gasteiger partial charge in [-0.3, -0.25) is 9.59 Å². The molecule has 1 aliphatic heterocycles. The van der Waals surface area contributed by atoms with Gasteiger partial charge in [0.2, 0.25) is 11.8 Å². The molecule has 2 aromatic rings. The summed E-state index contributed by atoms with van der Waals surface area (Å²) in [6.07, 6.45) is 6.48. The minimum atomic E-state index is -0.244. The Hall–Kier alpha value is -2.62. The molecule has 0 spiro atoms. The van der Waals surface area contributed by atoms with Crippen molar-refractivity contribution in [1.82, 2.24) is 4.90 Å². The second-order valence-electron chi connectivity index (χ2n) is 8.16. The SMILES string of the molecule is Cc1ccc2c(c1)[C@@H](c1ccccc1)N(C(=O)CCC1CCCC1)CC(=O)N2. The van der Waals surface area contributed by atoms with Crippen LogP contribution in [0, 0.1) is 12.8 Å². The van der Waals surface area contributed by atoms with Crippen molar-refractivity contribution < 1.29 is 9.59 Å². The maximum atomic E-state index is 13.3. The standard InChI is InChI=1S/C24H28N2O2/c1-17-11-13-21-20(15-17)24(19-9-3-2-4-10-19)26(16-22(27)25-21)23(28)14-12-18-7-5-6-8-18/h2-4,9-11,13,15,18,24H,5-8,12,14,16H2,1H3,(H,25,27)/t24-/m1/s1. The van der Waals surface area contributed by atoms with Crippen molar-refractivity contribution in [2.24, 2.45) is 5.92 Å². The number of nitrogens with one attached hydrogen (secondary N) is 1. The molecule has 0 bridgehead atoms. The molecule has 0 radical (unpaired) electrons. The number of aryl methyl sites for hydroxylation is 1. The smallest absolute Gasteiger partial charge is 0.244 e. The molecule has 4 rings (SSSR count). The van der Waals surface area contributed by atoms with Gasteiger partial charge in [-0.05, 0) is 30.9 Å². The Labute approximate surface area is 166 Å². The summed E-state index contributed by atoms with van der Waals surface area (Å²) in [6, 6.07) is 15.9. The Morgan fingerprint density at radius 2 is 1.86 bits per heavy atom. The summed E-state index contributed by atoms with van der Waals surface area (Å²) in [5.41, 5.74) is 3.95. The number of carbonyl (C=O) groups is 2. The van der Waals surface area contributed by atoms with Gasteiger partial charge in [-0.2, -0.15) is 0 Å². The number of rotatable bonds is 4. The van der Waals surface area contributed by atoms with Crippen LogP contribution >= 0.6 is 0 Å². The largest absolute Gasteiger partial charge is 0.324 e. The summed E-state index contributed by atoms with van der Waals surface area (Å²) < 4.78 is 0. The normalized spacial score (nSPS) is 19.8. The fourth-order valence-corrected chi connectivity index (χ4v) is 4.62. The predicted octanol–water partition coefficient (Wildman–Crippen LogP) is 4.84. The van der Waals surface area contributed by atoms with Crippen LogP contribution in [-0.2, 0) is 9.59 Å². The molecule has 4 nitrogen and oxygen atoms in total. The van der Waals surface area contributed by atoms with Gasteiger partial charge in [-0.25, -0.2) is 0 Å². The zero-order valence-corrected chi connectivity index (χ0v) is 16.5. The molecular formula is C24H28N2O2. The molecule has 1 atom stereocenters. The fourth-order valence-electron chi connectivity index (χ4n) is 4.62. The first-order chi connectivity index (χ1) is 13.6. The van der Waals surface area contributed by atoms with Gasteiger partial charge in [-0.15, -0.1) is 0 Å². The second kappa shape index (κ2) is 8.17. The van der Waals surface area contributed by atoms with E-state index in [0.717, 1.165) is 28.8 Å². The highest BCUT2D eigenvalue weighted by molar-refractivity contribution is 5.97. The summed E-state index contributed by atoms with van der Waals surface area (Å²) in [4.78, 5) is 27.6. The molecule has 28 heavy (non-hydrogen) atoms. The van der Waals surface area contributed by atoms with Gasteiger partial charge in [0, 0.05) is 17.7 Å². The molecule has 2 aromatic carbocycles. The summed E-state index contributed by atoms with van der Waals surface area (Å²) in [5, 5.41) is 3.00. The van der Waals surface area contributed by atoms with E-state index in [1.807, 2.05) is 49.4 Å². The van der Waals surface area contributed by atoms with Crippen LogP contribution in [0.3, 0.4) is 0 Å². The lowest BCUT2D eigenvalue weighted by Crippen LogP contribution is -2.39. The van der Waals surface area contributed by atoms with Gasteiger partial charge < -0.3 is 10.2 Å². The minimum Gasteiger partial charge on any atom is -0.324 e. The third-order valence-electron chi connectivity index (χ3n) is 6.08. The van der Waals surface area contributed by atoms with E-state index in [9.17, 15) is 9.59 Å². The monoisotopic (exact) mass is 376 g/mol. The van der Waals surface area contributed by atoms with E-state index < -0.39 is 0 Å². The van der Waals surface area contributed by atoms with Crippen LogP contribution in [0.1, 0.15) is 61.3 Å². The molecular weight excluding hydrogens is 348 g/mol. The van der Waals surface area contributed by atoms with E-state index in [2.05, 4.69) is 11.4 Å². The molecule has 1 heterocycles. The van der Waals surface area contributed by atoms with Gasteiger partial charge in [0.25, 0.3) is 0 Å². The highest BCUT2D eigenvalue weighted by Gasteiger charge is 2.33. The van der Waals surface area contributed by atoms with Crippen LogP contribution < -0.4 is 5.32 Å². The van der Waals surface area contributed by atoms with Crippen LogP contribution in [0.4, 0.5) is 5.69 Å². The van der Waals surface area contributed by atoms with Crippen molar-refractivity contribution in [3.05, 3.63) is 65.2 Å². The molecule has 146 valence electrons. The summed E-state index contributed by atoms with van der Waals surface area (Å²) in [7, 11) is 0. The van der Waals surface area contributed by atoms with Crippen LogP contribution in [0.5, 0.6) is 0 Å². The zero-order chi connectivity index (χ0) is 19.5. The number of amides is 2. The predicted molar refractivity (Wildman–Crippen MR) is 111 cm³/mol. The Morgan fingerprint density at radius 3 is 2.61 bits per heavy atom. The molecule has 0 saturated heterocycles. The maximum Gasteiger partial charge on any atom is 0.244 e. The van der Waals surface area contributed by atoms with Gasteiger partial charge in [0.15, 0.2) is 0 Å². The molecule has 2 amide bonds. The van der Waals surface area contributed by atoms with Crippen LogP contribution in [0.25, 0.3) is 0 Å². The first-order valence-corrected chi connectivity index (χ1v) is 10.4. The van der Waals surface area contributed by atoms with Crippen molar-refractivity contribution in [2.75, 3.05) is 11.9 Å². The molecule has 1 fully saturated rings. The van der Waals surface area contributed by atoms with Crippen molar-refractivity contribution in [3.63, 3.8) is 0 Å². The Balaban J connectivity index is 1.69. The Kier molecular flexibility index (Phi) is 5.47. The van der Waals surface area contributed by atoms with Crippen molar-refractivity contribution in [3.8, 4) is 0 Å². The molecule has 2 aliphatic rings. The second-order valence-corrected chi connectivity index (χ2v) is 8.16. The van der Waals surface area contributed by atoms with E-state index in [4.69, 9.17) is 0 Å². The highest BCUT2D eigenvalue weighted by Crippen LogP contribution is 2.37. The van der Waals surface area contributed by atoms with Gasteiger partial charge in [0.05, 0.1) is 6.04 Å². The van der Waals surface area contributed by atoms with Crippen molar-refractivity contribution >= 4 is 17.5 Å². The first kappa shape index (κ1) is 18.7. The first-order valence-electron chi connectivity index (χ1n) is 10.4. The van der Waals surface area contributed by atoms with E-state index in [1.54, 1.807) is 4.90 Å². The van der Waals surface area contributed by atoms with Crippen LogP contribution in [0.2, 0.25) is 0 Å². The Morgan fingerprint density at radius 1 is 1.11 bits per heavy atom. The van der Waals surface area contributed by atoms with Crippen LogP contribution in [0.15, 0.2) is 48.5 Å². The molecule has 0 aromatic heterocycles. The minimum absolute atomic E-state index is 0.0743. The lowest BCUT2D eigenvalue weighted by molar-refractivity contribution is -0.136. The quantitative estimate of drug-likeness (QED) is 0.830. The van der Waals surface area contributed by atoms with E-state index in [0.29, 0.717) is 12.3 Å². The summed E-state index contributed by atoms with van der Waals surface area (Å²) in [6.45, 7) is 2.14. The number of fused-ring (bicyclic) bond motifs is 1. The fraction of sp³-hybridized carbons (Fsp3) is 0.417. The average molecular weight is 377 g/mol. The lowest BCUT2D eigenvalue weighted by atomic mass is 9.94.